The summed E-state index contributed by atoms with van der Waals surface area (Å²) in [7, 11) is 1.45. The summed E-state index contributed by atoms with van der Waals surface area (Å²) < 4.78 is 5.47. The van der Waals surface area contributed by atoms with Crippen LogP contribution in [0.25, 0.3) is 6.08 Å². The number of nitro groups is 1. The van der Waals surface area contributed by atoms with Gasteiger partial charge in [-0.3, -0.25) is 14.9 Å². The van der Waals surface area contributed by atoms with Crippen molar-refractivity contribution in [1.82, 2.24) is 5.32 Å². The highest BCUT2D eigenvalue weighted by molar-refractivity contribution is 8.26. The molecule has 1 heterocycles. The van der Waals surface area contributed by atoms with Crippen LogP contribution in [-0.4, -0.2) is 22.3 Å². The van der Waals surface area contributed by atoms with Gasteiger partial charge in [0.05, 0.1) is 16.9 Å². The van der Waals surface area contributed by atoms with Gasteiger partial charge in [0.1, 0.15) is 10.1 Å². The van der Waals surface area contributed by atoms with Crippen molar-refractivity contribution in [2.75, 3.05) is 7.11 Å². The Labute approximate surface area is 118 Å². The fourth-order valence-electron chi connectivity index (χ4n) is 1.51. The fourth-order valence-corrected chi connectivity index (χ4v) is 2.55. The maximum Gasteiger partial charge on any atom is 0.270 e. The standard InChI is InChI=1S/C11H8N2O4S2/c1-17-8-3-2-7(13(15)16)4-6(8)5-9-10(14)12-11(18)19-9/h2-5H,1H3,(H,12,14,18). The molecule has 1 aliphatic heterocycles. The third kappa shape index (κ3) is 2.91. The minimum absolute atomic E-state index is 0.0707. The number of benzene rings is 1. The minimum Gasteiger partial charge on any atom is -0.496 e. The van der Waals surface area contributed by atoms with Gasteiger partial charge in [0, 0.05) is 17.7 Å². The number of amides is 1. The minimum atomic E-state index is -0.506. The zero-order chi connectivity index (χ0) is 14.0. The Morgan fingerprint density at radius 3 is 2.79 bits per heavy atom. The number of non-ortho nitro benzene ring substituents is 1. The predicted octanol–water partition coefficient (Wildman–Crippen LogP) is 2.09. The summed E-state index contributed by atoms with van der Waals surface area (Å²) in [6.07, 6.45) is 1.52. The lowest BCUT2D eigenvalue weighted by atomic mass is 10.1. The number of methoxy groups -OCH3 is 1. The molecule has 1 saturated heterocycles. The van der Waals surface area contributed by atoms with Gasteiger partial charge in [-0.05, 0) is 12.1 Å². The number of carbonyl (C=O) groups excluding carboxylic acids is 1. The first kappa shape index (κ1) is 13.5. The van der Waals surface area contributed by atoms with Crippen molar-refractivity contribution < 1.29 is 14.5 Å². The normalized spacial score (nSPS) is 16.6. The van der Waals surface area contributed by atoms with Gasteiger partial charge in [0.25, 0.3) is 11.6 Å². The van der Waals surface area contributed by atoms with Crippen LogP contribution in [0.3, 0.4) is 0 Å². The van der Waals surface area contributed by atoms with Gasteiger partial charge in [0.2, 0.25) is 0 Å². The van der Waals surface area contributed by atoms with Crippen molar-refractivity contribution in [1.29, 1.82) is 0 Å². The maximum atomic E-state index is 11.5. The van der Waals surface area contributed by atoms with Crippen LogP contribution >= 0.6 is 24.0 Å². The molecule has 0 bridgehead atoms. The Morgan fingerprint density at radius 1 is 1.53 bits per heavy atom. The van der Waals surface area contributed by atoms with E-state index in [0.717, 1.165) is 11.8 Å². The van der Waals surface area contributed by atoms with Crippen LogP contribution in [0.15, 0.2) is 23.1 Å². The van der Waals surface area contributed by atoms with Gasteiger partial charge >= 0.3 is 0 Å². The molecule has 1 fully saturated rings. The molecule has 0 aliphatic carbocycles. The molecule has 19 heavy (non-hydrogen) atoms. The van der Waals surface area contributed by atoms with Gasteiger partial charge in [-0.15, -0.1) is 0 Å². The highest BCUT2D eigenvalue weighted by Gasteiger charge is 2.23. The maximum absolute atomic E-state index is 11.5. The van der Waals surface area contributed by atoms with E-state index in [2.05, 4.69) is 5.32 Å². The summed E-state index contributed by atoms with van der Waals surface area (Å²) in [5.41, 5.74) is 0.387. The van der Waals surface area contributed by atoms with Crippen LogP contribution in [0.4, 0.5) is 5.69 Å². The number of hydrogen-bond acceptors (Lipinski definition) is 6. The highest BCUT2D eigenvalue weighted by atomic mass is 32.2. The molecular weight excluding hydrogens is 288 g/mol. The number of rotatable bonds is 3. The largest absolute Gasteiger partial charge is 0.496 e. The Bertz CT molecular complexity index is 613. The van der Waals surface area contributed by atoms with Crippen LogP contribution in [0, 0.1) is 10.1 Å². The molecule has 2 rings (SSSR count). The number of ether oxygens (including phenoxy) is 1. The van der Waals surface area contributed by atoms with Gasteiger partial charge in [-0.25, -0.2) is 0 Å². The summed E-state index contributed by atoms with van der Waals surface area (Å²) in [5.74, 6) is 0.132. The summed E-state index contributed by atoms with van der Waals surface area (Å²) in [5, 5.41) is 13.2. The fraction of sp³-hybridized carbons (Fsp3) is 0.0909. The van der Waals surface area contributed by atoms with Crippen LogP contribution in [0.1, 0.15) is 5.56 Å². The second-order valence-corrected chi connectivity index (χ2v) is 5.25. The Hall–Kier alpha value is -1.93. The lowest BCUT2D eigenvalue weighted by molar-refractivity contribution is -0.384. The predicted molar refractivity (Wildman–Crippen MR) is 76.0 cm³/mol. The molecule has 0 atom stereocenters. The SMILES string of the molecule is COc1ccc([N+](=O)[O-])cc1C=C1SC(=S)NC1=O. The molecule has 1 aliphatic rings. The third-order valence-electron chi connectivity index (χ3n) is 2.35. The van der Waals surface area contributed by atoms with Crippen molar-refractivity contribution in [2.24, 2.45) is 0 Å². The molecule has 0 spiro atoms. The van der Waals surface area contributed by atoms with E-state index in [4.69, 9.17) is 17.0 Å². The van der Waals surface area contributed by atoms with E-state index in [1.807, 2.05) is 0 Å². The molecule has 0 saturated carbocycles. The number of nitrogens with zero attached hydrogens (tertiary/aromatic N) is 1. The van der Waals surface area contributed by atoms with Crippen LogP contribution in [0.2, 0.25) is 0 Å². The van der Waals surface area contributed by atoms with E-state index in [-0.39, 0.29) is 11.6 Å². The van der Waals surface area contributed by atoms with Gasteiger partial charge in [0.15, 0.2) is 0 Å². The highest BCUT2D eigenvalue weighted by Crippen LogP contribution is 2.31. The van der Waals surface area contributed by atoms with Crippen molar-refractivity contribution in [3.63, 3.8) is 0 Å². The van der Waals surface area contributed by atoms with E-state index in [0.29, 0.717) is 20.5 Å². The lowest BCUT2D eigenvalue weighted by Gasteiger charge is -2.04. The van der Waals surface area contributed by atoms with E-state index < -0.39 is 4.92 Å². The first-order valence-electron chi connectivity index (χ1n) is 5.08. The third-order valence-corrected chi connectivity index (χ3v) is 3.52. The Morgan fingerprint density at radius 2 is 2.26 bits per heavy atom. The average molecular weight is 296 g/mol. The van der Waals surface area contributed by atoms with E-state index in [1.54, 1.807) is 0 Å². The zero-order valence-corrected chi connectivity index (χ0v) is 11.3. The van der Waals surface area contributed by atoms with E-state index in [9.17, 15) is 14.9 Å². The number of thiocarbonyl (C=S) groups is 1. The molecule has 0 unspecified atom stereocenters. The van der Waals surface area contributed by atoms with Gasteiger partial charge in [-0.2, -0.15) is 0 Å². The molecule has 1 aromatic carbocycles. The molecule has 1 aromatic rings. The molecular formula is C11H8N2O4S2. The average Bonchev–Trinajstić information content (AvgIpc) is 2.67. The molecule has 0 radical (unpaired) electrons. The van der Waals surface area contributed by atoms with Crippen LogP contribution < -0.4 is 10.1 Å². The number of carbonyl (C=O) groups is 1. The number of nitrogens with one attached hydrogen (secondary N) is 1. The van der Waals surface area contributed by atoms with Gasteiger partial charge < -0.3 is 10.1 Å². The second kappa shape index (κ2) is 5.37. The van der Waals surface area contributed by atoms with Crippen molar-refractivity contribution >= 4 is 46.0 Å². The quantitative estimate of drug-likeness (QED) is 0.398. The zero-order valence-electron chi connectivity index (χ0n) is 9.71. The molecule has 0 aromatic heterocycles. The molecule has 8 heteroatoms. The summed E-state index contributed by atoms with van der Waals surface area (Å²) in [4.78, 5) is 22.2. The van der Waals surface area contributed by atoms with Crippen molar-refractivity contribution in [2.45, 2.75) is 0 Å². The Kier molecular flexibility index (Phi) is 3.82. The summed E-state index contributed by atoms with van der Waals surface area (Å²) in [6, 6.07) is 4.18. The summed E-state index contributed by atoms with van der Waals surface area (Å²) >= 11 is 5.98. The molecule has 1 N–H and O–H groups in total. The number of hydrogen-bond donors (Lipinski definition) is 1. The Balaban J connectivity index is 2.45. The summed E-state index contributed by atoms with van der Waals surface area (Å²) in [6.45, 7) is 0. The number of nitro benzene ring substituents is 1. The smallest absolute Gasteiger partial charge is 0.270 e. The van der Waals surface area contributed by atoms with Crippen LogP contribution in [0.5, 0.6) is 5.75 Å². The van der Waals surface area contributed by atoms with Crippen molar-refractivity contribution in [3.8, 4) is 5.75 Å². The number of thioether (sulfide) groups is 1. The van der Waals surface area contributed by atoms with Crippen molar-refractivity contribution in [3.05, 3.63) is 38.8 Å². The van der Waals surface area contributed by atoms with Gasteiger partial charge in [-0.1, -0.05) is 24.0 Å². The monoisotopic (exact) mass is 296 g/mol. The first-order chi connectivity index (χ1) is 9.01. The topological polar surface area (TPSA) is 81.5 Å². The lowest BCUT2D eigenvalue weighted by Crippen LogP contribution is -2.17. The second-order valence-electron chi connectivity index (χ2n) is 3.54. The molecule has 98 valence electrons. The van der Waals surface area contributed by atoms with Crippen LogP contribution in [-0.2, 0) is 4.79 Å². The van der Waals surface area contributed by atoms with E-state index in [1.165, 1.54) is 31.4 Å². The molecule has 6 nitrogen and oxygen atoms in total. The van der Waals surface area contributed by atoms with E-state index >= 15 is 0 Å². The molecule has 1 amide bonds. The first-order valence-corrected chi connectivity index (χ1v) is 6.31.